The van der Waals surface area contributed by atoms with Crippen LogP contribution in [0.15, 0.2) is 107 Å². The van der Waals surface area contributed by atoms with Crippen LogP contribution in [0, 0.1) is 0 Å². The van der Waals surface area contributed by atoms with Gasteiger partial charge in [-0.05, 0) is 78.4 Å². The second-order valence-corrected chi connectivity index (χ2v) is 10.4. The number of rotatable bonds is 8. The van der Waals surface area contributed by atoms with E-state index < -0.39 is 10.0 Å². The van der Waals surface area contributed by atoms with Gasteiger partial charge >= 0.3 is 0 Å². The number of sulfonamides is 1. The van der Waals surface area contributed by atoms with Crippen LogP contribution in [0.1, 0.15) is 15.9 Å². The fourth-order valence-corrected chi connectivity index (χ4v) is 4.98. The Balaban J connectivity index is 1.34. The first kappa shape index (κ1) is 23.8. The third kappa shape index (κ3) is 6.38. The summed E-state index contributed by atoms with van der Waals surface area (Å²) in [6.45, 7) is 0. The highest BCUT2D eigenvalue weighted by molar-refractivity contribution is 7.98. The van der Waals surface area contributed by atoms with Gasteiger partial charge in [-0.25, -0.2) is 13.4 Å². The molecule has 0 atom stereocenters. The van der Waals surface area contributed by atoms with Crippen molar-refractivity contribution in [1.82, 2.24) is 4.98 Å². The minimum atomic E-state index is -3.78. The summed E-state index contributed by atoms with van der Waals surface area (Å²) in [6.07, 6.45) is 1.50. The lowest BCUT2D eigenvalue weighted by atomic mass is 10.1. The van der Waals surface area contributed by atoms with Gasteiger partial charge in [-0.2, -0.15) is 0 Å². The lowest BCUT2D eigenvalue weighted by Gasteiger charge is -2.09. The molecule has 0 fully saturated rings. The predicted octanol–water partition coefficient (Wildman–Crippen LogP) is 6.08. The molecule has 1 aromatic heterocycles. The Hall–Kier alpha value is -3.33. The van der Waals surface area contributed by atoms with E-state index in [9.17, 15) is 13.2 Å². The average molecular weight is 510 g/mol. The number of pyridine rings is 1. The van der Waals surface area contributed by atoms with E-state index in [4.69, 9.17) is 11.6 Å². The number of nitrogens with one attached hydrogen (secondary N) is 2. The van der Waals surface area contributed by atoms with Gasteiger partial charge in [0.15, 0.2) is 0 Å². The number of hydrogen-bond acceptors (Lipinski definition) is 5. The molecule has 9 heteroatoms. The molecule has 0 bridgehead atoms. The third-order valence-corrected chi connectivity index (χ3v) is 7.47. The van der Waals surface area contributed by atoms with Crippen LogP contribution in [-0.4, -0.2) is 19.3 Å². The zero-order chi connectivity index (χ0) is 24.0. The molecule has 3 aromatic carbocycles. The first-order chi connectivity index (χ1) is 16.4. The van der Waals surface area contributed by atoms with E-state index in [0.29, 0.717) is 16.3 Å². The quantitative estimate of drug-likeness (QED) is 0.281. The minimum absolute atomic E-state index is 0.0682. The van der Waals surface area contributed by atoms with Gasteiger partial charge in [-0.15, -0.1) is 11.8 Å². The predicted molar refractivity (Wildman–Crippen MR) is 137 cm³/mol. The molecule has 6 nitrogen and oxygen atoms in total. The number of nitrogens with zero attached hydrogens (tertiary/aromatic N) is 1. The maximum absolute atomic E-state index is 12.6. The highest BCUT2D eigenvalue weighted by atomic mass is 35.5. The van der Waals surface area contributed by atoms with Crippen LogP contribution in [0.25, 0.3) is 0 Å². The van der Waals surface area contributed by atoms with Gasteiger partial charge in [0.25, 0.3) is 15.9 Å². The molecular weight excluding hydrogens is 490 g/mol. The zero-order valence-electron chi connectivity index (χ0n) is 17.8. The number of thioether (sulfide) groups is 1. The normalized spacial score (nSPS) is 11.1. The van der Waals surface area contributed by atoms with Crippen molar-refractivity contribution in [1.29, 1.82) is 0 Å². The Morgan fingerprint density at radius 3 is 2.24 bits per heavy atom. The molecule has 172 valence electrons. The van der Waals surface area contributed by atoms with E-state index in [-0.39, 0.29) is 16.6 Å². The Bertz CT molecular complexity index is 1360. The van der Waals surface area contributed by atoms with Crippen LogP contribution in [0.4, 0.5) is 11.5 Å². The molecule has 0 aliphatic carbocycles. The fraction of sp³-hybridized carbons (Fsp3) is 0.0400. The number of halogens is 1. The molecule has 1 amide bonds. The van der Waals surface area contributed by atoms with Crippen LogP contribution in [-0.2, 0) is 15.8 Å². The number of amides is 1. The third-order valence-electron chi connectivity index (χ3n) is 4.76. The molecule has 0 spiro atoms. The number of carbonyl (C=O) groups excluding carboxylic acids is 1. The molecule has 0 unspecified atom stereocenters. The van der Waals surface area contributed by atoms with Gasteiger partial charge in [0, 0.05) is 33.1 Å². The summed E-state index contributed by atoms with van der Waals surface area (Å²) in [4.78, 5) is 17.7. The summed E-state index contributed by atoms with van der Waals surface area (Å²) in [5.74, 6) is 0.723. The summed E-state index contributed by atoms with van der Waals surface area (Å²) in [6, 6.07) is 25.9. The van der Waals surface area contributed by atoms with Crippen molar-refractivity contribution in [2.24, 2.45) is 0 Å². The van der Waals surface area contributed by atoms with Crippen molar-refractivity contribution in [3.05, 3.63) is 113 Å². The second kappa shape index (κ2) is 10.7. The van der Waals surface area contributed by atoms with Crippen molar-refractivity contribution >= 4 is 50.8 Å². The molecule has 0 saturated heterocycles. The summed E-state index contributed by atoms with van der Waals surface area (Å²) >= 11 is 7.60. The maximum Gasteiger partial charge on any atom is 0.263 e. The Morgan fingerprint density at radius 2 is 1.59 bits per heavy atom. The SMILES string of the molecule is O=C(Nc1ccc(S(=O)(=O)Nc2ccccn2)cc1)c1ccc(CSc2ccc(Cl)cc2)cc1. The number of benzene rings is 3. The average Bonchev–Trinajstić information content (AvgIpc) is 2.85. The van der Waals surface area contributed by atoms with Crippen LogP contribution in [0.3, 0.4) is 0 Å². The standard InChI is InChI=1S/C25H20ClN3O3S2/c26-20-8-12-22(13-9-20)33-17-18-4-6-19(7-5-18)25(30)28-21-10-14-23(15-11-21)34(31,32)29-24-3-1-2-16-27-24/h1-16H,17H2,(H,27,29)(H,28,30). The largest absolute Gasteiger partial charge is 0.322 e. The summed E-state index contributed by atoms with van der Waals surface area (Å²) in [5, 5.41) is 3.49. The van der Waals surface area contributed by atoms with E-state index in [2.05, 4.69) is 15.0 Å². The molecule has 4 aromatic rings. The number of aromatic nitrogens is 1. The number of carbonyl (C=O) groups is 1. The second-order valence-electron chi connectivity index (χ2n) is 7.24. The monoisotopic (exact) mass is 509 g/mol. The molecular formula is C25H20ClN3O3S2. The molecule has 0 saturated carbocycles. The minimum Gasteiger partial charge on any atom is -0.322 e. The molecule has 0 aliphatic heterocycles. The zero-order valence-corrected chi connectivity index (χ0v) is 20.2. The van der Waals surface area contributed by atoms with E-state index >= 15 is 0 Å². The van der Waals surface area contributed by atoms with Crippen LogP contribution in [0.2, 0.25) is 5.02 Å². The Kier molecular flexibility index (Phi) is 7.52. The highest BCUT2D eigenvalue weighted by Crippen LogP contribution is 2.24. The highest BCUT2D eigenvalue weighted by Gasteiger charge is 2.15. The van der Waals surface area contributed by atoms with Crippen LogP contribution >= 0.6 is 23.4 Å². The molecule has 0 radical (unpaired) electrons. The lowest BCUT2D eigenvalue weighted by molar-refractivity contribution is 0.102. The van der Waals surface area contributed by atoms with E-state index in [1.165, 1.54) is 18.3 Å². The van der Waals surface area contributed by atoms with Crippen molar-refractivity contribution in [2.75, 3.05) is 10.0 Å². The van der Waals surface area contributed by atoms with E-state index in [1.807, 2.05) is 36.4 Å². The summed E-state index contributed by atoms with van der Waals surface area (Å²) in [7, 11) is -3.78. The van der Waals surface area contributed by atoms with Gasteiger partial charge in [-0.1, -0.05) is 29.8 Å². The molecule has 2 N–H and O–H groups in total. The topological polar surface area (TPSA) is 88.2 Å². The van der Waals surface area contributed by atoms with Crippen molar-refractivity contribution in [2.45, 2.75) is 15.5 Å². The Morgan fingerprint density at radius 1 is 0.882 bits per heavy atom. The number of anilines is 2. The smallest absolute Gasteiger partial charge is 0.263 e. The summed E-state index contributed by atoms with van der Waals surface area (Å²) in [5.41, 5.74) is 2.09. The first-order valence-corrected chi connectivity index (χ1v) is 13.1. The van der Waals surface area contributed by atoms with Crippen molar-refractivity contribution in [3.8, 4) is 0 Å². The molecule has 4 rings (SSSR count). The fourth-order valence-electron chi connectivity index (χ4n) is 2.99. The van der Waals surface area contributed by atoms with Crippen LogP contribution < -0.4 is 10.0 Å². The van der Waals surface area contributed by atoms with Crippen molar-refractivity contribution in [3.63, 3.8) is 0 Å². The van der Waals surface area contributed by atoms with Crippen molar-refractivity contribution < 1.29 is 13.2 Å². The van der Waals surface area contributed by atoms with Gasteiger partial charge < -0.3 is 5.32 Å². The van der Waals surface area contributed by atoms with Gasteiger partial charge in [0.2, 0.25) is 0 Å². The lowest BCUT2D eigenvalue weighted by Crippen LogP contribution is -2.14. The molecule has 0 aliphatic rings. The Labute approximate surface area is 207 Å². The van der Waals surface area contributed by atoms with E-state index in [0.717, 1.165) is 16.2 Å². The van der Waals surface area contributed by atoms with E-state index in [1.54, 1.807) is 54.2 Å². The number of hydrogen-bond donors (Lipinski definition) is 2. The first-order valence-electron chi connectivity index (χ1n) is 10.2. The molecule has 1 heterocycles. The van der Waals surface area contributed by atoms with Gasteiger partial charge in [0.1, 0.15) is 5.82 Å². The summed E-state index contributed by atoms with van der Waals surface area (Å²) < 4.78 is 27.4. The van der Waals surface area contributed by atoms with Crippen LogP contribution in [0.5, 0.6) is 0 Å². The van der Waals surface area contributed by atoms with Gasteiger partial charge in [-0.3, -0.25) is 9.52 Å². The molecule has 34 heavy (non-hydrogen) atoms. The van der Waals surface area contributed by atoms with Gasteiger partial charge in [0.05, 0.1) is 4.90 Å². The maximum atomic E-state index is 12.6.